The quantitative estimate of drug-likeness (QED) is 0.896. The number of alkyl halides is 2. The molecule has 2 aromatic rings. The molecule has 0 spiro atoms. The second kappa shape index (κ2) is 4.72. The number of nitrogens with one attached hydrogen (secondary N) is 1. The van der Waals surface area contributed by atoms with Gasteiger partial charge in [0.25, 0.3) is 0 Å². The van der Waals surface area contributed by atoms with Crippen molar-refractivity contribution in [2.45, 2.75) is 37.5 Å². The molecule has 1 saturated carbocycles. The summed E-state index contributed by atoms with van der Waals surface area (Å²) in [5.74, 6) is -2.35. The smallest absolute Gasteiger partial charge is 0.248 e. The van der Waals surface area contributed by atoms with Gasteiger partial charge >= 0.3 is 0 Å². The summed E-state index contributed by atoms with van der Waals surface area (Å²) < 4.78 is 26.3. The summed E-state index contributed by atoms with van der Waals surface area (Å²) >= 11 is 0. The molecule has 0 aliphatic heterocycles. The molecule has 0 radical (unpaired) electrons. The normalized spacial score (nSPS) is 19.5. The number of aromatic amines is 1. The van der Waals surface area contributed by atoms with Gasteiger partial charge in [-0.05, 0) is 31.0 Å². The van der Waals surface area contributed by atoms with Crippen LogP contribution in [0.2, 0.25) is 0 Å². The first-order valence-corrected chi connectivity index (χ1v) is 6.48. The second-order valence-electron chi connectivity index (χ2n) is 5.07. The van der Waals surface area contributed by atoms with E-state index in [1.54, 1.807) is 12.4 Å². The van der Waals surface area contributed by atoms with Crippen molar-refractivity contribution in [2.75, 3.05) is 0 Å². The number of halogens is 2. The van der Waals surface area contributed by atoms with Gasteiger partial charge in [0.05, 0.1) is 5.69 Å². The lowest BCUT2D eigenvalue weighted by atomic mass is 9.84. The molecule has 3 nitrogen and oxygen atoms in total. The van der Waals surface area contributed by atoms with E-state index in [1.165, 1.54) is 0 Å². The topological polar surface area (TPSA) is 41.6 Å². The molecule has 0 atom stereocenters. The predicted octanol–water partition coefficient (Wildman–Crippen LogP) is 3.76. The van der Waals surface area contributed by atoms with Crippen LogP contribution in [-0.2, 0) is 0 Å². The van der Waals surface area contributed by atoms with E-state index in [0.29, 0.717) is 12.8 Å². The fraction of sp³-hybridized carbons (Fsp3) is 0.429. The molecule has 1 N–H and O–H groups in total. The first-order valence-electron chi connectivity index (χ1n) is 6.48. The Morgan fingerprint density at radius 1 is 1.16 bits per heavy atom. The van der Waals surface area contributed by atoms with E-state index in [9.17, 15) is 8.78 Å². The molecule has 19 heavy (non-hydrogen) atoms. The van der Waals surface area contributed by atoms with Crippen LogP contribution in [-0.4, -0.2) is 21.1 Å². The molecule has 0 saturated heterocycles. The van der Waals surface area contributed by atoms with Crippen LogP contribution >= 0.6 is 0 Å². The SMILES string of the molecule is FC1(F)CCC(c2cc(-c3ccn[nH]3)ccn2)CC1. The van der Waals surface area contributed by atoms with Crippen molar-refractivity contribution in [3.8, 4) is 11.3 Å². The zero-order chi connectivity index (χ0) is 13.3. The average Bonchev–Trinajstić information content (AvgIpc) is 2.93. The third-order valence-corrected chi connectivity index (χ3v) is 3.73. The van der Waals surface area contributed by atoms with E-state index in [0.717, 1.165) is 17.0 Å². The Bertz CT molecular complexity index is 542. The minimum absolute atomic E-state index is 0.0341. The standard InChI is InChI=1S/C14H15F2N3/c15-14(16)5-1-10(2-6-14)13-9-11(3-7-17-13)12-4-8-18-19-12/h3-4,7-10H,1-2,5-6H2,(H,18,19). The summed E-state index contributed by atoms with van der Waals surface area (Å²) in [6.07, 6.45) is 4.37. The summed E-state index contributed by atoms with van der Waals surface area (Å²) in [4.78, 5) is 4.34. The highest BCUT2D eigenvalue weighted by atomic mass is 19.3. The van der Waals surface area contributed by atoms with E-state index in [-0.39, 0.29) is 18.8 Å². The van der Waals surface area contributed by atoms with E-state index in [4.69, 9.17) is 0 Å². The lowest BCUT2D eigenvalue weighted by molar-refractivity contribution is -0.0384. The van der Waals surface area contributed by atoms with Crippen LogP contribution < -0.4 is 0 Å². The van der Waals surface area contributed by atoms with Gasteiger partial charge in [0.15, 0.2) is 0 Å². The molecule has 3 rings (SSSR count). The number of pyridine rings is 1. The van der Waals surface area contributed by atoms with Gasteiger partial charge in [0, 0.05) is 42.4 Å². The molecule has 0 unspecified atom stereocenters. The van der Waals surface area contributed by atoms with Crippen LogP contribution in [0.1, 0.15) is 37.3 Å². The number of aromatic nitrogens is 3. The molecule has 1 aliphatic carbocycles. The minimum Gasteiger partial charge on any atom is -0.278 e. The van der Waals surface area contributed by atoms with Gasteiger partial charge in [-0.25, -0.2) is 8.78 Å². The fourth-order valence-electron chi connectivity index (χ4n) is 2.59. The van der Waals surface area contributed by atoms with Crippen molar-refractivity contribution >= 4 is 0 Å². The van der Waals surface area contributed by atoms with Crippen molar-refractivity contribution in [3.63, 3.8) is 0 Å². The van der Waals surface area contributed by atoms with Crippen molar-refractivity contribution < 1.29 is 8.78 Å². The molecule has 2 aromatic heterocycles. The Kier molecular flexibility index (Phi) is 3.05. The first kappa shape index (κ1) is 12.3. The van der Waals surface area contributed by atoms with Crippen molar-refractivity contribution in [1.82, 2.24) is 15.2 Å². The van der Waals surface area contributed by atoms with Crippen molar-refractivity contribution in [1.29, 1.82) is 0 Å². The molecule has 1 aliphatic rings. The highest BCUT2D eigenvalue weighted by Gasteiger charge is 2.35. The maximum atomic E-state index is 13.2. The van der Waals surface area contributed by atoms with E-state index < -0.39 is 5.92 Å². The third-order valence-electron chi connectivity index (χ3n) is 3.73. The molecule has 1 fully saturated rings. The molecule has 0 bridgehead atoms. The number of hydrogen-bond donors (Lipinski definition) is 1. The van der Waals surface area contributed by atoms with Crippen LogP contribution in [0.4, 0.5) is 8.78 Å². The third kappa shape index (κ3) is 2.64. The highest BCUT2D eigenvalue weighted by molar-refractivity contribution is 5.58. The zero-order valence-electron chi connectivity index (χ0n) is 10.4. The number of H-pyrrole nitrogens is 1. The van der Waals surface area contributed by atoms with Gasteiger partial charge in [-0.2, -0.15) is 5.10 Å². The Labute approximate surface area is 110 Å². The van der Waals surface area contributed by atoms with Crippen LogP contribution in [0.3, 0.4) is 0 Å². The van der Waals surface area contributed by atoms with Crippen molar-refractivity contribution in [2.24, 2.45) is 0 Å². The summed E-state index contributed by atoms with van der Waals surface area (Å²) in [6.45, 7) is 0. The second-order valence-corrected chi connectivity index (χ2v) is 5.07. The summed E-state index contributed by atoms with van der Waals surface area (Å²) in [5, 5.41) is 6.81. The Morgan fingerprint density at radius 3 is 2.63 bits per heavy atom. The largest absolute Gasteiger partial charge is 0.278 e. The van der Waals surface area contributed by atoms with Crippen LogP contribution in [0.15, 0.2) is 30.6 Å². The monoisotopic (exact) mass is 263 g/mol. The van der Waals surface area contributed by atoms with Gasteiger partial charge in [0.2, 0.25) is 5.92 Å². The zero-order valence-corrected chi connectivity index (χ0v) is 10.4. The number of hydrogen-bond acceptors (Lipinski definition) is 2. The first-order chi connectivity index (χ1) is 9.14. The Hall–Kier alpha value is -1.78. The van der Waals surface area contributed by atoms with E-state index in [2.05, 4.69) is 15.2 Å². The van der Waals surface area contributed by atoms with E-state index >= 15 is 0 Å². The maximum absolute atomic E-state index is 13.2. The number of nitrogens with zero attached hydrogens (tertiary/aromatic N) is 2. The predicted molar refractivity (Wildman–Crippen MR) is 68.0 cm³/mol. The molecule has 0 amide bonds. The lowest BCUT2D eigenvalue weighted by Gasteiger charge is -2.27. The van der Waals surface area contributed by atoms with Gasteiger partial charge in [-0.15, -0.1) is 0 Å². The maximum Gasteiger partial charge on any atom is 0.248 e. The average molecular weight is 263 g/mol. The summed E-state index contributed by atoms with van der Waals surface area (Å²) in [6, 6.07) is 5.75. The van der Waals surface area contributed by atoms with Gasteiger partial charge in [0.1, 0.15) is 0 Å². The van der Waals surface area contributed by atoms with Crippen molar-refractivity contribution in [3.05, 3.63) is 36.3 Å². The molecule has 2 heterocycles. The fourth-order valence-corrected chi connectivity index (χ4v) is 2.59. The Morgan fingerprint density at radius 2 is 1.95 bits per heavy atom. The summed E-state index contributed by atoms with van der Waals surface area (Å²) in [7, 11) is 0. The van der Waals surface area contributed by atoms with Crippen LogP contribution in [0, 0.1) is 0 Å². The molecule has 100 valence electrons. The minimum atomic E-state index is -2.49. The lowest BCUT2D eigenvalue weighted by Crippen LogP contribution is -2.24. The van der Waals surface area contributed by atoms with Gasteiger partial charge < -0.3 is 0 Å². The van der Waals surface area contributed by atoms with E-state index in [1.807, 2.05) is 18.2 Å². The Balaban J connectivity index is 1.81. The highest BCUT2D eigenvalue weighted by Crippen LogP contribution is 2.40. The van der Waals surface area contributed by atoms with Gasteiger partial charge in [-0.1, -0.05) is 0 Å². The number of rotatable bonds is 2. The van der Waals surface area contributed by atoms with Crippen LogP contribution in [0.5, 0.6) is 0 Å². The molecular weight excluding hydrogens is 248 g/mol. The summed E-state index contributed by atoms with van der Waals surface area (Å²) in [5.41, 5.74) is 2.83. The van der Waals surface area contributed by atoms with Crippen LogP contribution in [0.25, 0.3) is 11.3 Å². The molecule has 0 aromatic carbocycles. The molecule has 5 heteroatoms. The molecular formula is C14H15F2N3. The van der Waals surface area contributed by atoms with Gasteiger partial charge in [-0.3, -0.25) is 10.1 Å².